The molecule has 0 saturated heterocycles. The predicted octanol–water partition coefficient (Wildman–Crippen LogP) is 3.94. The van der Waals surface area contributed by atoms with Crippen LogP contribution in [0.2, 0.25) is 0 Å². The summed E-state index contributed by atoms with van der Waals surface area (Å²) in [5, 5.41) is 5.99. The number of rotatable bonds is 6. The smallest absolute Gasteiger partial charge is 0.252 e. The van der Waals surface area contributed by atoms with Crippen molar-refractivity contribution in [2.45, 2.75) is 6.42 Å². The number of aromatic nitrogens is 1. The van der Waals surface area contributed by atoms with Gasteiger partial charge in [0.1, 0.15) is 5.82 Å². The maximum Gasteiger partial charge on any atom is 0.252 e. The number of carbonyl (C=O) groups is 1. The Balaban J connectivity index is 1.59. The van der Waals surface area contributed by atoms with Gasteiger partial charge in [0, 0.05) is 18.4 Å². The van der Waals surface area contributed by atoms with Gasteiger partial charge in [-0.3, -0.25) is 9.78 Å². The van der Waals surface area contributed by atoms with E-state index in [0.29, 0.717) is 24.1 Å². The van der Waals surface area contributed by atoms with Crippen LogP contribution in [0.15, 0.2) is 73.1 Å². The summed E-state index contributed by atoms with van der Waals surface area (Å²) in [6.45, 7) is 0.357. The molecule has 1 amide bonds. The summed E-state index contributed by atoms with van der Waals surface area (Å²) in [6, 6.07) is 17.9. The first kappa shape index (κ1) is 16.6. The van der Waals surface area contributed by atoms with E-state index in [-0.39, 0.29) is 11.7 Å². The molecule has 0 aliphatic rings. The molecule has 0 aliphatic heterocycles. The van der Waals surface area contributed by atoms with Gasteiger partial charge < -0.3 is 10.6 Å². The molecular formula is C20H18FN3O. The lowest BCUT2D eigenvalue weighted by Crippen LogP contribution is -2.26. The summed E-state index contributed by atoms with van der Waals surface area (Å²) in [5.74, 6) is -0.493. The van der Waals surface area contributed by atoms with Gasteiger partial charge >= 0.3 is 0 Å². The van der Waals surface area contributed by atoms with E-state index >= 15 is 0 Å². The number of halogens is 1. The van der Waals surface area contributed by atoms with Crippen molar-refractivity contribution >= 4 is 17.3 Å². The fourth-order valence-electron chi connectivity index (χ4n) is 2.43. The number of hydrogen-bond donors (Lipinski definition) is 2. The summed E-state index contributed by atoms with van der Waals surface area (Å²) in [6.07, 6.45) is 3.60. The molecule has 0 spiro atoms. The maximum absolute atomic E-state index is 13.6. The van der Waals surface area contributed by atoms with Crippen molar-refractivity contribution in [1.29, 1.82) is 0 Å². The van der Waals surface area contributed by atoms with E-state index < -0.39 is 0 Å². The van der Waals surface area contributed by atoms with Crippen molar-refractivity contribution in [3.8, 4) is 0 Å². The molecule has 1 aromatic heterocycles. The second kappa shape index (κ2) is 8.06. The molecule has 3 aromatic rings. The first-order valence-electron chi connectivity index (χ1n) is 8.01. The number of para-hydroxylation sites is 1. The monoisotopic (exact) mass is 335 g/mol. The minimum absolute atomic E-state index is 0.236. The Kier molecular flexibility index (Phi) is 5.36. The van der Waals surface area contributed by atoms with Crippen molar-refractivity contribution in [1.82, 2.24) is 10.3 Å². The van der Waals surface area contributed by atoms with Gasteiger partial charge in [0.05, 0.1) is 17.4 Å². The Hall–Kier alpha value is -3.21. The normalized spacial score (nSPS) is 10.3. The number of nitrogens with one attached hydrogen (secondary N) is 2. The highest BCUT2D eigenvalue weighted by Crippen LogP contribution is 2.16. The lowest BCUT2D eigenvalue weighted by molar-refractivity contribution is 0.0953. The molecule has 0 atom stereocenters. The minimum Gasteiger partial charge on any atom is -0.354 e. The van der Waals surface area contributed by atoms with Crippen molar-refractivity contribution in [2.24, 2.45) is 0 Å². The van der Waals surface area contributed by atoms with Crippen molar-refractivity contribution in [3.05, 3.63) is 90.0 Å². The van der Waals surface area contributed by atoms with Crippen molar-refractivity contribution in [2.75, 3.05) is 11.9 Å². The quantitative estimate of drug-likeness (QED) is 0.717. The molecule has 1 heterocycles. The van der Waals surface area contributed by atoms with Gasteiger partial charge in [-0.15, -0.1) is 0 Å². The van der Waals surface area contributed by atoms with Crippen LogP contribution < -0.4 is 10.6 Å². The molecule has 4 nitrogen and oxygen atoms in total. The van der Waals surface area contributed by atoms with Crippen LogP contribution in [0.4, 0.5) is 15.8 Å². The number of benzene rings is 2. The van der Waals surface area contributed by atoms with Crippen LogP contribution in [0.1, 0.15) is 15.9 Å². The Bertz CT molecular complexity index is 852. The molecule has 0 radical (unpaired) electrons. The molecule has 0 saturated carbocycles. The molecule has 2 aromatic carbocycles. The fraction of sp³-hybridized carbons (Fsp3) is 0.100. The molecule has 0 bridgehead atoms. The highest BCUT2D eigenvalue weighted by atomic mass is 19.1. The van der Waals surface area contributed by atoms with E-state index in [1.54, 1.807) is 30.5 Å². The van der Waals surface area contributed by atoms with E-state index in [0.717, 1.165) is 11.4 Å². The number of carbonyl (C=O) groups excluding carboxylic acids is 1. The average Bonchev–Trinajstić information content (AvgIpc) is 2.64. The van der Waals surface area contributed by atoms with Gasteiger partial charge in [-0.25, -0.2) is 4.39 Å². The van der Waals surface area contributed by atoms with Crippen LogP contribution in [0, 0.1) is 5.82 Å². The lowest BCUT2D eigenvalue weighted by atomic mass is 10.1. The predicted molar refractivity (Wildman–Crippen MR) is 96.4 cm³/mol. The third-order valence-electron chi connectivity index (χ3n) is 3.70. The zero-order valence-corrected chi connectivity index (χ0v) is 13.6. The summed E-state index contributed by atoms with van der Waals surface area (Å²) >= 11 is 0. The molecule has 3 rings (SSSR count). The summed E-state index contributed by atoms with van der Waals surface area (Å²) in [4.78, 5) is 16.4. The number of pyridine rings is 1. The molecule has 126 valence electrons. The van der Waals surface area contributed by atoms with Crippen LogP contribution in [0.3, 0.4) is 0 Å². The highest BCUT2D eigenvalue weighted by molar-refractivity contribution is 5.94. The van der Waals surface area contributed by atoms with Crippen LogP contribution >= 0.6 is 0 Å². The van der Waals surface area contributed by atoms with Gasteiger partial charge in [-0.1, -0.05) is 36.4 Å². The lowest BCUT2D eigenvalue weighted by Gasteiger charge is -2.09. The average molecular weight is 335 g/mol. The molecule has 25 heavy (non-hydrogen) atoms. The molecular weight excluding hydrogens is 317 g/mol. The third kappa shape index (κ3) is 4.64. The first-order chi connectivity index (χ1) is 12.2. The second-order valence-electron chi connectivity index (χ2n) is 5.55. The van der Waals surface area contributed by atoms with E-state index in [4.69, 9.17) is 0 Å². The summed E-state index contributed by atoms with van der Waals surface area (Å²) < 4.78 is 13.6. The third-order valence-corrected chi connectivity index (χ3v) is 3.70. The van der Waals surface area contributed by atoms with E-state index in [1.165, 1.54) is 12.3 Å². The van der Waals surface area contributed by atoms with Gasteiger partial charge in [0.2, 0.25) is 0 Å². The summed E-state index contributed by atoms with van der Waals surface area (Å²) in [5.41, 5.74) is 2.68. The Labute approximate surface area is 145 Å². The van der Waals surface area contributed by atoms with E-state index in [1.807, 2.05) is 30.3 Å². The van der Waals surface area contributed by atoms with Gasteiger partial charge in [0.25, 0.3) is 5.91 Å². The molecule has 0 fully saturated rings. The highest BCUT2D eigenvalue weighted by Gasteiger charge is 2.08. The minimum atomic E-state index is -0.257. The summed E-state index contributed by atoms with van der Waals surface area (Å²) in [7, 11) is 0. The maximum atomic E-state index is 13.6. The standard InChI is InChI=1S/C20H18FN3O/c21-19-9-5-4-6-15(19)10-11-23-20(25)16-12-18(14-22-13-16)24-17-7-2-1-3-8-17/h1-9,12-14,24H,10-11H2,(H,23,25). The largest absolute Gasteiger partial charge is 0.354 e. The van der Waals surface area contributed by atoms with Crippen LogP contribution in [0.5, 0.6) is 0 Å². The number of anilines is 2. The Morgan fingerprint density at radius 2 is 1.72 bits per heavy atom. The van der Waals surface area contributed by atoms with Crippen LogP contribution in [0.25, 0.3) is 0 Å². The van der Waals surface area contributed by atoms with Crippen molar-refractivity contribution in [3.63, 3.8) is 0 Å². The van der Waals surface area contributed by atoms with Gasteiger partial charge in [-0.2, -0.15) is 0 Å². The Morgan fingerprint density at radius 1 is 0.960 bits per heavy atom. The molecule has 5 heteroatoms. The molecule has 2 N–H and O–H groups in total. The molecule has 0 unspecified atom stereocenters. The first-order valence-corrected chi connectivity index (χ1v) is 8.01. The van der Waals surface area contributed by atoms with Crippen LogP contribution in [-0.2, 0) is 6.42 Å². The van der Waals surface area contributed by atoms with E-state index in [2.05, 4.69) is 15.6 Å². The zero-order valence-electron chi connectivity index (χ0n) is 13.6. The number of amides is 1. The molecule has 0 aliphatic carbocycles. The fourth-order valence-corrected chi connectivity index (χ4v) is 2.43. The topological polar surface area (TPSA) is 54.0 Å². The zero-order chi connectivity index (χ0) is 17.5. The van der Waals surface area contributed by atoms with Crippen LogP contribution in [-0.4, -0.2) is 17.4 Å². The van der Waals surface area contributed by atoms with Crippen molar-refractivity contribution < 1.29 is 9.18 Å². The number of nitrogens with zero attached hydrogens (tertiary/aromatic N) is 1. The van der Waals surface area contributed by atoms with E-state index in [9.17, 15) is 9.18 Å². The van der Waals surface area contributed by atoms with Gasteiger partial charge in [-0.05, 0) is 36.2 Å². The SMILES string of the molecule is O=C(NCCc1ccccc1F)c1cncc(Nc2ccccc2)c1. The Morgan fingerprint density at radius 3 is 2.52 bits per heavy atom. The van der Waals surface area contributed by atoms with Gasteiger partial charge in [0.15, 0.2) is 0 Å². The second-order valence-corrected chi connectivity index (χ2v) is 5.55. The number of hydrogen-bond acceptors (Lipinski definition) is 3.